The average Bonchev–Trinajstić information content (AvgIpc) is 2.56. The predicted molar refractivity (Wildman–Crippen MR) is 83.9 cm³/mol. The summed E-state index contributed by atoms with van der Waals surface area (Å²) in [6.45, 7) is 0. The largest absolute Gasteiger partial charge is 0.493 e. The number of aryl methyl sites for hydroxylation is 1. The van der Waals surface area contributed by atoms with Crippen LogP contribution in [0.4, 0.5) is 0 Å². The number of methoxy groups -OCH3 is 2. The first kappa shape index (κ1) is 15.3. The molecule has 0 amide bonds. The van der Waals surface area contributed by atoms with Crippen molar-refractivity contribution in [2.24, 2.45) is 0 Å². The van der Waals surface area contributed by atoms with Gasteiger partial charge in [-0.2, -0.15) is 0 Å². The lowest BCUT2D eigenvalue weighted by atomic mass is 9.99. The Morgan fingerprint density at radius 3 is 2.38 bits per heavy atom. The van der Waals surface area contributed by atoms with E-state index in [9.17, 15) is 0 Å². The van der Waals surface area contributed by atoms with Crippen LogP contribution in [0.5, 0.6) is 11.5 Å². The molecule has 1 aromatic carbocycles. The molecular formula is C17H22N2O2. The summed E-state index contributed by atoms with van der Waals surface area (Å²) in [5.74, 6) is 1.52. The van der Waals surface area contributed by atoms with Crippen LogP contribution in [0.1, 0.15) is 23.6 Å². The predicted octanol–water partition coefficient (Wildman–Crippen LogP) is 2.99. The second kappa shape index (κ2) is 7.64. The van der Waals surface area contributed by atoms with Gasteiger partial charge in [-0.05, 0) is 55.3 Å². The van der Waals surface area contributed by atoms with E-state index >= 15 is 0 Å². The van der Waals surface area contributed by atoms with Crippen LogP contribution in [0.2, 0.25) is 0 Å². The minimum Gasteiger partial charge on any atom is -0.493 e. The van der Waals surface area contributed by atoms with Crippen LogP contribution in [0, 0.1) is 0 Å². The molecule has 0 saturated heterocycles. The third kappa shape index (κ3) is 3.95. The number of ether oxygens (including phenoxy) is 2. The van der Waals surface area contributed by atoms with E-state index < -0.39 is 0 Å². The average molecular weight is 286 g/mol. The molecule has 4 nitrogen and oxygen atoms in total. The lowest BCUT2D eigenvalue weighted by Crippen LogP contribution is -2.17. The van der Waals surface area contributed by atoms with Gasteiger partial charge in [0.05, 0.1) is 14.2 Å². The molecule has 1 unspecified atom stereocenters. The van der Waals surface area contributed by atoms with Gasteiger partial charge in [0.15, 0.2) is 11.5 Å². The Hall–Kier alpha value is -2.07. The fourth-order valence-electron chi connectivity index (χ4n) is 2.41. The number of nitrogens with zero attached hydrogens (tertiary/aromatic N) is 1. The van der Waals surface area contributed by atoms with Gasteiger partial charge in [0.25, 0.3) is 0 Å². The van der Waals surface area contributed by atoms with Crippen LogP contribution in [-0.4, -0.2) is 26.3 Å². The summed E-state index contributed by atoms with van der Waals surface area (Å²) in [5, 5.41) is 3.37. The Morgan fingerprint density at radius 1 is 1.05 bits per heavy atom. The van der Waals surface area contributed by atoms with Crippen molar-refractivity contribution in [2.45, 2.75) is 18.9 Å². The first-order chi connectivity index (χ1) is 10.3. The number of benzene rings is 1. The van der Waals surface area contributed by atoms with Crippen molar-refractivity contribution in [3.05, 3.63) is 53.9 Å². The van der Waals surface area contributed by atoms with Gasteiger partial charge in [-0.25, -0.2) is 0 Å². The Morgan fingerprint density at radius 2 is 1.76 bits per heavy atom. The Labute approximate surface area is 126 Å². The summed E-state index contributed by atoms with van der Waals surface area (Å²) < 4.78 is 10.7. The zero-order valence-electron chi connectivity index (χ0n) is 12.8. The fraction of sp³-hybridized carbons (Fsp3) is 0.353. The number of aromatic nitrogens is 1. The molecule has 0 fully saturated rings. The van der Waals surface area contributed by atoms with Crippen LogP contribution in [0.3, 0.4) is 0 Å². The van der Waals surface area contributed by atoms with Gasteiger partial charge >= 0.3 is 0 Å². The minimum absolute atomic E-state index is 0.276. The van der Waals surface area contributed by atoms with Gasteiger partial charge in [0, 0.05) is 18.4 Å². The van der Waals surface area contributed by atoms with E-state index in [2.05, 4.69) is 28.5 Å². The molecule has 1 atom stereocenters. The van der Waals surface area contributed by atoms with Crippen LogP contribution >= 0.6 is 0 Å². The highest BCUT2D eigenvalue weighted by atomic mass is 16.5. The van der Waals surface area contributed by atoms with Crippen molar-refractivity contribution < 1.29 is 9.47 Å². The van der Waals surface area contributed by atoms with Crippen molar-refractivity contribution in [3.63, 3.8) is 0 Å². The molecule has 21 heavy (non-hydrogen) atoms. The highest BCUT2D eigenvalue weighted by Crippen LogP contribution is 2.31. The third-order valence-corrected chi connectivity index (χ3v) is 3.63. The van der Waals surface area contributed by atoms with Gasteiger partial charge < -0.3 is 14.8 Å². The molecule has 112 valence electrons. The van der Waals surface area contributed by atoms with Crippen molar-refractivity contribution in [2.75, 3.05) is 21.3 Å². The smallest absolute Gasteiger partial charge is 0.161 e. The maximum absolute atomic E-state index is 5.37. The van der Waals surface area contributed by atoms with E-state index in [-0.39, 0.29) is 6.04 Å². The number of pyridine rings is 1. The summed E-state index contributed by atoms with van der Waals surface area (Å²) in [6.07, 6.45) is 5.68. The SMILES string of the molecule is CNC(CCc1ccncc1)c1ccc(OC)c(OC)c1. The van der Waals surface area contributed by atoms with Gasteiger partial charge in [0.2, 0.25) is 0 Å². The summed E-state index contributed by atoms with van der Waals surface area (Å²) in [5.41, 5.74) is 2.50. The maximum atomic E-state index is 5.37. The lowest BCUT2D eigenvalue weighted by molar-refractivity contribution is 0.353. The fourth-order valence-corrected chi connectivity index (χ4v) is 2.41. The zero-order valence-corrected chi connectivity index (χ0v) is 12.8. The van der Waals surface area contributed by atoms with Crippen molar-refractivity contribution in [1.29, 1.82) is 0 Å². The van der Waals surface area contributed by atoms with Crippen LogP contribution in [0.15, 0.2) is 42.7 Å². The molecule has 0 aliphatic heterocycles. The molecule has 2 rings (SSSR count). The molecular weight excluding hydrogens is 264 g/mol. The second-order valence-corrected chi connectivity index (χ2v) is 4.85. The topological polar surface area (TPSA) is 43.4 Å². The van der Waals surface area contributed by atoms with Gasteiger partial charge in [0.1, 0.15) is 0 Å². The van der Waals surface area contributed by atoms with Gasteiger partial charge in [-0.1, -0.05) is 6.07 Å². The quantitative estimate of drug-likeness (QED) is 0.849. The second-order valence-electron chi connectivity index (χ2n) is 4.85. The summed E-state index contributed by atoms with van der Waals surface area (Å²) in [6, 6.07) is 10.5. The molecule has 2 aromatic rings. The first-order valence-corrected chi connectivity index (χ1v) is 7.06. The molecule has 0 aliphatic carbocycles. The van der Waals surface area contributed by atoms with Crippen LogP contribution < -0.4 is 14.8 Å². The number of rotatable bonds is 7. The Bertz CT molecular complexity index is 558. The first-order valence-electron chi connectivity index (χ1n) is 7.06. The van der Waals surface area contributed by atoms with Crippen LogP contribution in [-0.2, 0) is 6.42 Å². The molecule has 0 aliphatic rings. The van der Waals surface area contributed by atoms with E-state index in [1.54, 1.807) is 14.2 Å². The Balaban J connectivity index is 2.10. The molecule has 1 heterocycles. The summed E-state index contributed by atoms with van der Waals surface area (Å²) in [4.78, 5) is 4.05. The van der Waals surface area contributed by atoms with E-state index in [0.29, 0.717) is 0 Å². The molecule has 1 aromatic heterocycles. The zero-order chi connectivity index (χ0) is 15.1. The molecule has 1 N–H and O–H groups in total. The van der Waals surface area contributed by atoms with Crippen molar-refractivity contribution >= 4 is 0 Å². The molecule has 0 bridgehead atoms. The van der Waals surface area contributed by atoms with E-state index in [0.717, 1.165) is 24.3 Å². The molecule has 4 heteroatoms. The number of hydrogen-bond acceptors (Lipinski definition) is 4. The highest BCUT2D eigenvalue weighted by Gasteiger charge is 2.12. The number of nitrogens with one attached hydrogen (secondary N) is 1. The summed E-state index contributed by atoms with van der Waals surface area (Å²) in [7, 11) is 5.29. The lowest BCUT2D eigenvalue weighted by Gasteiger charge is -2.18. The highest BCUT2D eigenvalue weighted by molar-refractivity contribution is 5.43. The standard InChI is InChI=1S/C17H22N2O2/c1-18-15(6-4-13-8-10-19-11-9-13)14-5-7-16(20-2)17(12-14)21-3/h5,7-12,15,18H,4,6H2,1-3H3. The minimum atomic E-state index is 0.276. The van der Waals surface area contributed by atoms with Crippen molar-refractivity contribution in [1.82, 2.24) is 10.3 Å². The van der Waals surface area contributed by atoms with Gasteiger partial charge in [-0.15, -0.1) is 0 Å². The summed E-state index contributed by atoms with van der Waals surface area (Å²) >= 11 is 0. The van der Waals surface area contributed by atoms with Crippen LogP contribution in [0.25, 0.3) is 0 Å². The molecule has 0 radical (unpaired) electrons. The normalized spacial score (nSPS) is 12.0. The van der Waals surface area contributed by atoms with Crippen molar-refractivity contribution in [3.8, 4) is 11.5 Å². The molecule has 0 spiro atoms. The monoisotopic (exact) mass is 286 g/mol. The number of hydrogen-bond donors (Lipinski definition) is 1. The third-order valence-electron chi connectivity index (χ3n) is 3.63. The van der Waals surface area contributed by atoms with E-state index in [4.69, 9.17) is 9.47 Å². The Kier molecular flexibility index (Phi) is 5.58. The maximum Gasteiger partial charge on any atom is 0.161 e. The molecule has 0 saturated carbocycles. The van der Waals surface area contributed by atoms with Gasteiger partial charge in [-0.3, -0.25) is 4.98 Å². The van der Waals surface area contributed by atoms with E-state index in [1.165, 1.54) is 11.1 Å². The van der Waals surface area contributed by atoms with E-state index in [1.807, 2.05) is 31.6 Å².